The van der Waals surface area contributed by atoms with Crippen LogP contribution in [0.3, 0.4) is 0 Å². The maximum Gasteiger partial charge on any atom is 0.389 e. The van der Waals surface area contributed by atoms with Crippen molar-refractivity contribution in [3.8, 4) is 6.07 Å². The molecule has 0 N–H and O–H groups in total. The Labute approximate surface area is 140 Å². The second-order valence-corrected chi connectivity index (χ2v) is 9.70. The highest BCUT2D eigenvalue weighted by atomic mass is 32.2. The Morgan fingerprint density at radius 3 is 2.23 bits per heavy atom. The summed E-state index contributed by atoms with van der Waals surface area (Å²) < 4.78 is 36.8. The van der Waals surface area contributed by atoms with Crippen LogP contribution in [0, 0.1) is 27.2 Å². The van der Waals surface area contributed by atoms with Gasteiger partial charge in [0.05, 0.1) is 21.8 Å². The Morgan fingerprint density at radius 2 is 1.77 bits per heavy atom. The molecule has 9 heteroatoms. The molecule has 22 heavy (non-hydrogen) atoms. The molecule has 0 aromatic carbocycles. The van der Waals surface area contributed by atoms with Crippen molar-refractivity contribution in [1.82, 2.24) is 0 Å². The molecule has 0 aromatic heterocycles. The molecule has 2 fully saturated rings. The van der Waals surface area contributed by atoms with Crippen LogP contribution in [0.25, 0.3) is 0 Å². The lowest BCUT2D eigenvalue weighted by atomic mass is 9.86. The van der Waals surface area contributed by atoms with Crippen molar-refractivity contribution in [2.45, 2.75) is 47.6 Å². The predicted octanol–water partition coefficient (Wildman–Crippen LogP) is 5.00. The molecular weight excluding hydrogens is 355 g/mol. The summed E-state index contributed by atoms with van der Waals surface area (Å²) in [6, 6.07) is 2.22. The van der Waals surface area contributed by atoms with Crippen LogP contribution in [-0.2, 0) is 0 Å². The fourth-order valence-electron chi connectivity index (χ4n) is 2.75. The minimum Gasteiger partial charge on any atom is -0.197 e. The first kappa shape index (κ1) is 20.0. The molecular formula is C13H18F3NO2S3. The molecule has 2 aliphatic rings. The van der Waals surface area contributed by atoms with E-state index in [1.165, 1.54) is 23.3 Å². The average molecular weight is 373 g/mol. The first-order valence-corrected chi connectivity index (χ1v) is 9.99. The van der Waals surface area contributed by atoms with Crippen LogP contribution in [0.5, 0.6) is 0 Å². The maximum absolute atomic E-state index is 12.2. The monoisotopic (exact) mass is 373 g/mol. The van der Waals surface area contributed by atoms with E-state index < -0.39 is 12.6 Å². The maximum atomic E-state index is 12.2. The van der Waals surface area contributed by atoms with E-state index in [-0.39, 0.29) is 16.9 Å². The minimum atomic E-state index is -4.11. The molecule has 1 spiro atoms. The average Bonchev–Trinajstić information content (AvgIpc) is 2.94. The van der Waals surface area contributed by atoms with Crippen LogP contribution >= 0.6 is 35.3 Å². The molecule has 2 rings (SSSR count). The number of nitrogens with zero attached hydrogens (tertiary/aromatic N) is 1. The molecule has 1 aliphatic heterocycles. The summed E-state index contributed by atoms with van der Waals surface area (Å²) in [6.07, 6.45) is -0.733. The molecule has 1 saturated heterocycles. The van der Waals surface area contributed by atoms with Crippen LogP contribution in [-0.4, -0.2) is 32.8 Å². The summed E-state index contributed by atoms with van der Waals surface area (Å²) in [7, 11) is 0. The van der Waals surface area contributed by atoms with Gasteiger partial charge < -0.3 is 0 Å². The first-order chi connectivity index (χ1) is 10.4. The van der Waals surface area contributed by atoms with Crippen molar-refractivity contribution in [1.29, 1.82) is 5.26 Å². The molecule has 0 radical (unpaired) electrons. The summed E-state index contributed by atoms with van der Waals surface area (Å²) in [5.74, 6) is 2.69. The summed E-state index contributed by atoms with van der Waals surface area (Å²) in [5, 5.41) is 8.93. The van der Waals surface area contributed by atoms with E-state index in [1.54, 1.807) is 0 Å². The van der Waals surface area contributed by atoms with E-state index in [1.807, 2.05) is 23.5 Å². The van der Waals surface area contributed by atoms with Gasteiger partial charge in [-0.3, -0.25) is 0 Å². The van der Waals surface area contributed by atoms with Gasteiger partial charge in [0.2, 0.25) is 0 Å². The van der Waals surface area contributed by atoms with E-state index in [0.717, 1.165) is 25.7 Å². The Balaban J connectivity index is 0.00000116. The van der Waals surface area contributed by atoms with Crippen LogP contribution in [0.1, 0.15) is 32.1 Å². The largest absolute Gasteiger partial charge is 0.389 e. The van der Waals surface area contributed by atoms with Gasteiger partial charge in [0, 0.05) is 27.2 Å². The molecule has 126 valence electrons. The van der Waals surface area contributed by atoms with Crippen molar-refractivity contribution in [3.05, 3.63) is 9.93 Å². The van der Waals surface area contributed by atoms with Crippen LogP contribution in [0.4, 0.5) is 13.2 Å². The Kier molecular flexibility index (Phi) is 8.43. The minimum absolute atomic E-state index is 0.00682. The molecule has 1 heterocycles. The van der Waals surface area contributed by atoms with Crippen molar-refractivity contribution < 1.29 is 13.2 Å². The lowest BCUT2D eigenvalue weighted by Crippen LogP contribution is -2.30. The lowest BCUT2D eigenvalue weighted by Gasteiger charge is -2.37. The fourth-order valence-corrected chi connectivity index (χ4v) is 7.26. The Morgan fingerprint density at radius 1 is 1.23 bits per heavy atom. The molecule has 0 aromatic rings. The molecule has 1 aliphatic carbocycles. The third-order valence-electron chi connectivity index (χ3n) is 3.84. The van der Waals surface area contributed by atoms with E-state index >= 15 is 0 Å². The summed E-state index contributed by atoms with van der Waals surface area (Å²) in [6.45, 7) is 0. The number of nitriles is 1. The molecule has 1 unspecified atom stereocenters. The van der Waals surface area contributed by atoms with Crippen molar-refractivity contribution in [2.75, 3.05) is 17.3 Å². The van der Waals surface area contributed by atoms with E-state index in [9.17, 15) is 18.4 Å². The number of alkyl halides is 3. The van der Waals surface area contributed by atoms with Crippen molar-refractivity contribution in [2.24, 2.45) is 5.92 Å². The van der Waals surface area contributed by atoms with Crippen LogP contribution in [0.2, 0.25) is 0 Å². The zero-order valence-corrected chi connectivity index (χ0v) is 14.4. The van der Waals surface area contributed by atoms with Gasteiger partial charge in [0.15, 0.2) is 0 Å². The zero-order valence-electron chi connectivity index (χ0n) is 11.9. The molecule has 1 atom stereocenters. The Hall–Kier alpha value is -0.0700. The van der Waals surface area contributed by atoms with Crippen molar-refractivity contribution >= 4 is 35.3 Å². The second kappa shape index (κ2) is 9.28. The van der Waals surface area contributed by atoms with Gasteiger partial charge in [-0.2, -0.15) is 18.4 Å². The van der Waals surface area contributed by atoms with Gasteiger partial charge in [-0.25, -0.2) is 0 Å². The highest BCUT2D eigenvalue weighted by Gasteiger charge is 2.41. The number of hydrogen-bond donors (Lipinski definition) is 0. The summed E-state index contributed by atoms with van der Waals surface area (Å²) >= 11 is 5.26. The van der Waals surface area contributed by atoms with E-state index in [4.69, 9.17) is 9.93 Å². The van der Waals surface area contributed by atoms with Gasteiger partial charge >= 0.3 is 6.18 Å². The first-order valence-electron chi connectivity index (χ1n) is 6.97. The summed E-state index contributed by atoms with van der Waals surface area (Å²) in [5.41, 5.74) is 0. The van der Waals surface area contributed by atoms with Gasteiger partial charge in [-0.15, -0.1) is 35.3 Å². The molecule has 1 saturated carbocycles. The third-order valence-corrected chi connectivity index (χ3v) is 8.78. The Bertz CT molecular complexity index is 374. The standard InChI is InChI=1S/C13H18F3NS3.O2/c14-13(15,16)5-6-18-11(9-17)10-1-3-12(4-2-10)19-7-8-20-12;1-2/h10-11H,1-8H2;. The lowest BCUT2D eigenvalue weighted by molar-refractivity contribution is -0.129. The molecule has 0 bridgehead atoms. The number of hydrogen-bond acceptors (Lipinski definition) is 6. The topological polar surface area (TPSA) is 57.9 Å². The third kappa shape index (κ3) is 6.20. The fraction of sp³-hybridized carbons (Fsp3) is 0.923. The summed E-state index contributed by atoms with van der Waals surface area (Å²) in [4.78, 5) is 14.0. The highest BCUT2D eigenvalue weighted by molar-refractivity contribution is 8.21. The van der Waals surface area contributed by atoms with E-state index in [0.29, 0.717) is 4.08 Å². The second-order valence-electron chi connectivity index (χ2n) is 5.23. The van der Waals surface area contributed by atoms with Gasteiger partial charge in [0.25, 0.3) is 0 Å². The van der Waals surface area contributed by atoms with Gasteiger partial charge in [-0.05, 0) is 31.6 Å². The predicted molar refractivity (Wildman–Crippen MR) is 88.9 cm³/mol. The van der Waals surface area contributed by atoms with Crippen molar-refractivity contribution in [3.63, 3.8) is 0 Å². The highest BCUT2D eigenvalue weighted by Crippen LogP contribution is 2.54. The quantitative estimate of drug-likeness (QED) is 0.691. The number of rotatable bonds is 4. The van der Waals surface area contributed by atoms with Gasteiger partial charge in [-0.1, -0.05) is 0 Å². The number of halogens is 3. The smallest absolute Gasteiger partial charge is 0.197 e. The molecule has 3 nitrogen and oxygen atoms in total. The number of thioether (sulfide) groups is 3. The van der Waals surface area contributed by atoms with Gasteiger partial charge in [0.1, 0.15) is 0 Å². The zero-order chi connectivity index (χ0) is 16.6. The SMILES string of the molecule is N#CC(SCCC(F)(F)F)C1CCC2(CC1)SCCS2.O=O. The van der Waals surface area contributed by atoms with Crippen LogP contribution in [0.15, 0.2) is 0 Å². The van der Waals surface area contributed by atoms with Crippen LogP contribution < -0.4 is 0 Å². The normalized spacial score (nSPS) is 22.6. The van der Waals surface area contributed by atoms with E-state index in [2.05, 4.69) is 6.07 Å². The molecule has 0 amide bonds.